The quantitative estimate of drug-likeness (QED) is 0.744. The Hall–Kier alpha value is -2.95. The van der Waals surface area contributed by atoms with E-state index < -0.39 is 11.4 Å². The first-order valence-corrected chi connectivity index (χ1v) is 8.14. The van der Waals surface area contributed by atoms with Crippen molar-refractivity contribution in [1.29, 1.82) is 0 Å². The third-order valence-corrected chi connectivity index (χ3v) is 4.35. The molecule has 5 nitrogen and oxygen atoms in total. The second-order valence-electron chi connectivity index (χ2n) is 6.42. The van der Waals surface area contributed by atoms with Crippen molar-refractivity contribution in [3.8, 4) is 5.88 Å². The van der Waals surface area contributed by atoms with Gasteiger partial charge in [0.1, 0.15) is 6.33 Å². The van der Waals surface area contributed by atoms with Gasteiger partial charge in [-0.1, -0.05) is 36.4 Å². The van der Waals surface area contributed by atoms with Gasteiger partial charge in [-0.25, -0.2) is 9.97 Å². The zero-order chi connectivity index (χ0) is 17.9. The highest BCUT2D eigenvalue weighted by Crippen LogP contribution is 2.24. The van der Waals surface area contributed by atoms with Crippen molar-refractivity contribution >= 4 is 16.9 Å². The topological polar surface area (TPSA) is 72.3 Å². The molecule has 0 radical (unpaired) electrons. The number of hydrogen-bond acceptors (Lipinski definition) is 4. The summed E-state index contributed by atoms with van der Waals surface area (Å²) in [6.45, 7) is 3.89. The number of aromatic nitrogens is 2. The number of ether oxygens (including phenoxy) is 1. The van der Waals surface area contributed by atoms with Gasteiger partial charge in [-0.2, -0.15) is 0 Å². The lowest BCUT2D eigenvalue weighted by Crippen LogP contribution is -2.28. The highest BCUT2D eigenvalue weighted by molar-refractivity contribution is 5.83. The maximum absolute atomic E-state index is 11.3. The molecule has 25 heavy (non-hydrogen) atoms. The second-order valence-corrected chi connectivity index (χ2v) is 6.42. The fraction of sp³-hybridized carbons (Fsp3) is 0.250. The minimum atomic E-state index is -0.894. The minimum absolute atomic E-state index is 0.489. The third kappa shape index (κ3) is 3.60. The van der Waals surface area contributed by atoms with Crippen LogP contribution in [0, 0.1) is 0 Å². The van der Waals surface area contributed by atoms with Gasteiger partial charge in [0.2, 0.25) is 5.88 Å². The van der Waals surface area contributed by atoms with Crippen molar-refractivity contribution in [2.24, 2.45) is 0 Å². The smallest absolute Gasteiger partial charge is 0.313 e. The van der Waals surface area contributed by atoms with Crippen molar-refractivity contribution in [2.75, 3.05) is 6.61 Å². The molecule has 0 saturated heterocycles. The van der Waals surface area contributed by atoms with E-state index in [0.29, 0.717) is 18.9 Å². The van der Waals surface area contributed by atoms with Crippen LogP contribution in [0.3, 0.4) is 0 Å². The number of nitrogens with zero attached hydrogens (tertiary/aromatic N) is 2. The first-order valence-electron chi connectivity index (χ1n) is 8.14. The lowest BCUT2D eigenvalue weighted by molar-refractivity contribution is -0.142. The number of carboxylic acids is 1. The summed E-state index contributed by atoms with van der Waals surface area (Å²) in [6.07, 6.45) is 2.21. The first kappa shape index (κ1) is 16.9. The number of carbonyl (C=O) groups is 1. The molecule has 0 unspecified atom stereocenters. The number of aliphatic carboxylic acids is 1. The van der Waals surface area contributed by atoms with E-state index in [-0.39, 0.29) is 0 Å². The Balaban J connectivity index is 1.65. The molecular weight excluding hydrogens is 316 g/mol. The molecule has 5 heteroatoms. The molecule has 1 heterocycles. The molecule has 0 saturated carbocycles. The van der Waals surface area contributed by atoms with Crippen molar-refractivity contribution in [3.05, 3.63) is 66.0 Å². The van der Waals surface area contributed by atoms with Crippen LogP contribution in [-0.2, 0) is 16.6 Å². The van der Waals surface area contributed by atoms with Crippen molar-refractivity contribution in [2.45, 2.75) is 25.7 Å². The molecule has 0 amide bonds. The molecule has 3 rings (SSSR count). The Morgan fingerprint density at radius 1 is 1.08 bits per heavy atom. The average Bonchev–Trinajstić information content (AvgIpc) is 2.62. The van der Waals surface area contributed by atoms with Crippen molar-refractivity contribution in [3.63, 3.8) is 0 Å². The molecule has 3 aromatic rings. The van der Waals surface area contributed by atoms with Gasteiger partial charge < -0.3 is 9.84 Å². The highest BCUT2D eigenvalue weighted by Gasteiger charge is 2.29. The zero-order valence-corrected chi connectivity index (χ0v) is 14.3. The van der Waals surface area contributed by atoms with E-state index in [1.54, 1.807) is 13.8 Å². The Kier molecular flexibility index (Phi) is 4.65. The summed E-state index contributed by atoms with van der Waals surface area (Å²) >= 11 is 0. The highest BCUT2D eigenvalue weighted by atomic mass is 16.5. The van der Waals surface area contributed by atoms with Crippen LogP contribution in [0.15, 0.2) is 54.9 Å². The molecule has 0 aliphatic carbocycles. The molecule has 0 aliphatic rings. The number of rotatable bonds is 6. The predicted octanol–water partition coefficient (Wildman–Crippen LogP) is 3.61. The molecule has 0 fully saturated rings. The molecule has 0 bridgehead atoms. The second kappa shape index (κ2) is 6.89. The fourth-order valence-corrected chi connectivity index (χ4v) is 2.57. The number of carboxylic acid groups (broad SMARTS) is 1. The largest absolute Gasteiger partial charge is 0.481 e. The summed E-state index contributed by atoms with van der Waals surface area (Å²) in [5.74, 6) is -0.256. The number of benzene rings is 2. The summed E-state index contributed by atoms with van der Waals surface area (Å²) in [6, 6.07) is 15.3. The molecule has 0 atom stereocenters. The van der Waals surface area contributed by atoms with Crippen LogP contribution in [-0.4, -0.2) is 27.7 Å². The Labute approximate surface area is 146 Å². The maximum atomic E-state index is 11.3. The van der Waals surface area contributed by atoms with Gasteiger partial charge in [-0.15, -0.1) is 0 Å². The maximum Gasteiger partial charge on any atom is 0.313 e. The van der Waals surface area contributed by atoms with Gasteiger partial charge in [0.25, 0.3) is 0 Å². The molecular formula is C20H20N2O3. The molecule has 1 N–H and O–H groups in total. The van der Waals surface area contributed by atoms with Crippen LogP contribution < -0.4 is 4.74 Å². The normalized spacial score (nSPS) is 11.4. The van der Waals surface area contributed by atoms with E-state index in [1.807, 2.05) is 48.5 Å². The summed E-state index contributed by atoms with van der Waals surface area (Å²) in [5, 5.41) is 10.2. The van der Waals surface area contributed by atoms with Crippen LogP contribution in [0.4, 0.5) is 0 Å². The lowest BCUT2D eigenvalue weighted by Gasteiger charge is -2.19. The van der Waals surface area contributed by atoms with Gasteiger partial charge in [0.15, 0.2) is 0 Å². The van der Waals surface area contributed by atoms with Crippen LogP contribution in [0.1, 0.15) is 25.0 Å². The number of hydrogen-bond donors (Lipinski definition) is 1. The third-order valence-electron chi connectivity index (χ3n) is 4.35. The standard InChI is InChI=1S/C20H20N2O3/c1-20(2,19(23)24)15-9-7-14(8-10-15)11-12-25-18-16-5-3-4-6-17(16)21-13-22-18/h3-10,13H,11-12H2,1-2H3,(H,23,24). The summed E-state index contributed by atoms with van der Waals surface area (Å²) in [5.41, 5.74) is 1.83. The Morgan fingerprint density at radius 2 is 1.80 bits per heavy atom. The van der Waals surface area contributed by atoms with E-state index in [0.717, 1.165) is 22.0 Å². The van der Waals surface area contributed by atoms with Gasteiger partial charge in [0.05, 0.1) is 22.9 Å². The fourth-order valence-electron chi connectivity index (χ4n) is 2.57. The van der Waals surface area contributed by atoms with E-state index in [9.17, 15) is 9.90 Å². The molecule has 0 spiro atoms. The molecule has 0 aliphatic heterocycles. The molecule has 1 aromatic heterocycles. The molecule has 128 valence electrons. The number of fused-ring (bicyclic) bond motifs is 1. The lowest BCUT2D eigenvalue weighted by atomic mass is 9.84. The van der Waals surface area contributed by atoms with E-state index in [1.165, 1.54) is 6.33 Å². The monoisotopic (exact) mass is 336 g/mol. The van der Waals surface area contributed by atoms with Gasteiger partial charge >= 0.3 is 5.97 Å². The zero-order valence-electron chi connectivity index (χ0n) is 14.3. The van der Waals surface area contributed by atoms with E-state index >= 15 is 0 Å². The first-order chi connectivity index (χ1) is 12.0. The Morgan fingerprint density at radius 3 is 2.52 bits per heavy atom. The Bertz CT molecular complexity index is 884. The van der Waals surface area contributed by atoms with Crippen LogP contribution in [0.25, 0.3) is 10.9 Å². The number of para-hydroxylation sites is 1. The summed E-state index contributed by atoms with van der Waals surface area (Å²) in [4.78, 5) is 19.7. The predicted molar refractivity (Wildman–Crippen MR) is 95.8 cm³/mol. The summed E-state index contributed by atoms with van der Waals surface area (Å²) in [7, 11) is 0. The average molecular weight is 336 g/mol. The van der Waals surface area contributed by atoms with E-state index in [4.69, 9.17) is 4.74 Å². The SMILES string of the molecule is CC(C)(C(=O)O)c1ccc(CCOc2ncnc3ccccc23)cc1. The van der Waals surface area contributed by atoms with Crippen LogP contribution in [0.5, 0.6) is 5.88 Å². The van der Waals surface area contributed by atoms with Crippen LogP contribution in [0.2, 0.25) is 0 Å². The molecule has 2 aromatic carbocycles. The van der Waals surface area contributed by atoms with E-state index in [2.05, 4.69) is 9.97 Å². The van der Waals surface area contributed by atoms with Gasteiger partial charge in [-0.05, 0) is 37.1 Å². The van der Waals surface area contributed by atoms with Gasteiger partial charge in [-0.3, -0.25) is 4.79 Å². The van der Waals surface area contributed by atoms with Crippen molar-refractivity contribution in [1.82, 2.24) is 9.97 Å². The summed E-state index contributed by atoms with van der Waals surface area (Å²) < 4.78 is 5.81. The minimum Gasteiger partial charge on any atom is -0.481 e. The van der Waals surface area contributed by atoms with Crippen molar-refractivity contribution < 1.29 is 14.6 Å². The van der Waals surface area contributed by atoms with Gasteiger partial charge in [0, 0.05) is 6.42 Å². The van der Waals surface area contributed by atoms with Crippen LogP contribution >= 0.6 is 0 Å².